The topological polar surface area (TPSA) is 89.6 Å². The number of nitrogen functional groups attached to an aromatic ring is 1. The van der Waals surface area contributed by atoms with Crippen LogP contribution in [0.3, 0.4) is 0 Å². The van der Waals surface area contributed by atoms with Crippen molar-refractivity contribution in [2.75, 3.05) is 5.73 Å². The van der Waals surface area contributed by atoms with E-state index in [9.17, 15) is 9.18 Å². The van der Waals surface area contributed by atoms with Crippen LogP contribution in [-0.2, 0) is 13.0 Å². The highest BCUT2D eigenvalue weighted by Gasteiger charge is 2.11. The number of benzene rings is 1. The molecule has 0 atom stereocenters. The lowest BCUT2D eigenvalue weighted by Crippen LogP contribution is -2.25. The number of aromatic amines is 1. The van der Waals surface area contributed by atoms with Crippen LogP contribution in [0, 0.1) is 5.82 Å². The molecular formula is C13H13ClFN5O. The van der Waals surface area contributed by atoms with E-state index in [4.69, 9.17) is 5.73 Å². The van der Waals surface area contributed by atoms with Gasteiger partial charge in [0.2, 0.25) is 5.95 Å². The lowest BCUT2D eigenvalue weighted by molar-refractivity contribution is 0.590. The molecule has 2 aromatic heterocycles. The summed E-state index contributed by atoms with van der Waals surface area (Å²) in [4.78, 5) is 22.9. The zero-order valence-electron chi connectivity index (χ0n) is 10.9. The maximum atomic E-state index is 13.5. The SMILES string of the molecule is Cl.Nc1nc2[nH]cnc2c(=O)n1CCc1ccccc1F. The third-order valence-corrected chi connectivity index (χ3v) is 3.13. The Bertz CT molecular complexity index is 829. The predicted molar refractivity (Wildman–Crippen MR) is 79.9 cm³/mol. The number of nitrogens with one attached hydrogen (secondary N) is 1. The molecule has 3 aromatic rings. The Morgan fingerprint density at radius 2 is 2.10 bits per heavy atom. The summed E-state index contributed by atoms with van der Waals surface area (Å²) in [5.41, 5.74) is 6.54. The lowest BCUT2D eigenvalue weighted by Gasteiger charge is -2.08. The first-order valence-corrected chi connectivity index (χ1v) is 6.09. The van der Waals surface area contributed by atoms with Gasteiger partial charge in [-0.1, -0.05) is 18.2 Å². The fourth-order valence-electron chi connectivity index (χ4n) is 2.09. The summed E-state index contributed by atoms with van der Waals surface area (Å²) in [6.07, 6.45) is 1.74. The van der Waals surface area contributed by atoms with Crippen LogP contribution in [0.1, 0.15) is 5.56 Å². The molecule has 0 unspecified atom stereocenters. The maximum Gasteiger partial charge on any atom is 0.283 e. The molecule has 0 aliphatic heterocycles. The summed E-state index contributed by atoms with van der Waals surface area (Å²) in [5.74, 6) is -0.212. The number of halogens is 2. The smallest absolute Gasteiger partial charge is 0.283 e. The normalized spacial score (nSPS) is 10.5. The first-order chi connectivity index (χ1) is 9.66. The van der Waals surface area contributed by atoms with Crippen molar-refractivity contribution in [1.29, 1.82) is 0 Å². The quantitative estimate of drug-likeness (QED) is 0.767. The molecule has 0 radical (unpaired) electrons. The van der Waals surface area contributed by atoms with E-state index in [1.54, 1.807) is 18.2 Å². The molecule has 1 aromatic carbocycles. The van der Waals surface area contributed by atoms with Crippen LogP contribution in [0.2, 0.25) is 0 Å². The van der Waals surface area contributed by atoms with Gasteiger partial charge < -0.3 is 10.7 Å². The number of hydrogen-bond donors (Lipinski definition) is 2. The van der Waals surface area contributed by atoms with Crippen LogP contribution < -0.4 is 11.3 Å². The molecular weight excluding hydrogens is 297 g/mol. The molecule has 0 fully saturated rings. The Morgan fingerprint density at radius 3 is 2.86 bits per heavy atom. The Morgan fingerprint density at radius 1 is 1.33 bits per heavy atom. The van der Waals surface area contributed by atoms with Gasteiger partial charge in [-0.3, -0.25) is 9.36 Å². The highest BCUT2D eigenvalue weighted by Crippen LogP contribution is 2.10. The van der Waals surface area contributed by atoms with E-state index >= 15 is 0 Å². The van der Waals surface area contributed by atoms with E-state index in [-0.39, 0.29) is 41.8 Å². The largest absolute Gasteiger partial charge is 0.369 e. The van der Waals surface area contributed by atoms with Gasteiger partial charge in [-0.15, -0.1) is 12.4 Å². The molecule has 0 saturated carbocycles. The summed E-state index contributed by atoms with van der Waals surface area (Å²) in [7, 11) is 0. The van der Waals surface area contributed by atoms with E-state index in [2.05, 4.69) is 15.0 Å². The number of hydrogen-bond acceptors (Lipinski definition) is 4. The summed E-state index contributed by atoms with van der Waals surface area (Å²) in [6, 6.07) is 6.43. The molecule has 110 valence electrons. The van der Waals surface area contributed by atoms with Crippen molar-refractivity contribution in [2.24, 2.45) is 0 Å². The molecule has 3 N–H and O–H groups in total. The Kier molecular flexibility index (Phi) is 4.23. The fourth-order valence-corrected chi connectivity index (χ4v) is 2.09. The van der Waals surface area contributed by atoms with Crippen LogP contribution in [0.4, 0.5) is 10.3 Å². The van der Waals surface area contributed by atoms with E-state index in [1.165, 1.54) is 17.0 Å². The van der Waals surface area contributed by atoms with Crippen LogP contribution in [0.25, 0.3) is 11.2 Å². The van der Waals surface area contributed by atoms with Crippen molar-refractivity contribution in [3.8, 4) is 0 Å². The van der Waals surface area contributed by atoms with Crippen LogP contribution in [0.5, 0.6) is 0 Å². The highest BCUT2D eigenvalue weighted by molar-refractivity contribution is 5.85. The van der Waals surface area contributed by atoms with Gasteiger partial charge in [0.1, 0.15) is 5.82 Å². The van der Waals surface area contributed by atoms with Crippen LogP contribution in [-0.4, -0.2) is 19.5 Å². The molecule has 0 saturated heterocycles. The van der Waals surface area contributed by atoms with Crippen molar-refractivity contribution in [3.63, 3.8) is 0 Å². The van der Waals surface area contributed by atoms with Crippen LogP contribution >= 0.6 is 12.4 Å². The van der Waals surface area contributed by atoms with Gasteiger partial charge in [-0.25, -0.2) is 9.37 Å². The van der Waals surface area contributed by atoms with Crippen molar-refractivity contribution in [1.82, 2.24) is 19.5 Å². The minimum Gasteiger partial charge on any atom is -0.369 e. The number of nitrogens with two attached hydrogens (primary N) is 1. The van der Waals surface area contributed by atoms with Crippen LogP contribution in [0.15, 0.2) is 35.4 Å². The molecule has 0 bridgehead atoms. The first kappa shape index (κ1) is 15.0. The molecule has 0 aliphatic rings. The maximum absolute atomic E-state index is 13.5. The first-order valence-electron chi connectivity index (χ1n) is 6.09. The Hall–Kier alpha value is -2.41. The summed E-state index contributed by atoms with van der Waals surface area (Å²) >= 11 is 0. The second-order valence-corrected chi connectivity index (χ2v) is 4.37. The molecule has 0 amide bonds. The van der Waals surface area contributed by atoms with Gasteiger partial charge in [-0.2, -0.15) is 4.98 Å². The Labute approximate surface area is 125 Å². The van der Waals surface area contributed by atoms with Crippen molar-refractivity contribution < 1.29 is 4.39 Å². The average Bonchev–Trinajstić information content (AvgIpc) is 2.88. The van der Waals surface area contributed by atoms with Gasteiger partial charge in [0.15, 0.2) is 11.2 Å². The zero-order chi connectivity index (χ0) is 14.1. The number of aromatic nitrogens is 4. The monoisotopic (exact) mass is 309 g/mol. The average molecular weight is 310 g/mol. The van der Waals surface area contributed by atoms with Crippen molar-refractivity contribution in [3.05, 3.63) is 52.3 Å². The highest BCUT2D eigenvalue weighted by atomic mass is 35.5. The fraction of sp³-hybridized carbons (Fsp3) is 0.154. The number of fused-ring (bicyclic) bond motifs is 1. The summed E-state index contributed by atoms with van der Waals surface area (Å²) in [6.45, 7) is 0.251. The third kappa shape index (κ3) is 2.73. The van der Waals surface area contributed by atoms with E-state index < -0.39 is 0 Å². The van der Waals surface area contributed by atoms with Gasteiger partial charge in [-0.05, 0) is 18.1 Å². The molecule has 0 spiro atoms. The van der Waals surface area contributed by atoms with E-state index in [0.717, 1.165) is 0 Å². The minimum atomic E-state index is -0.329. The van der Waals surface area contributed by atoms with Gasteiger partial charge in [0.05, 0.1) is 6.33 Å². The second kappa shape index (κ2) is 5.92. The number of nitrogens with zero attached hydrogens (tertiary/aromatic N) is 3. The number of imidazole rings is 1. The van der Waals surface area contributed by atoms with Gasteiger partial charge in [0, 0.05) is 6.54 Å². The molecule has 2 heterocycles. The third-order valence-electron chi connectivity index (χ3n) is 3.13. The van der Waals surface area contributed by atoms with E-state index in [0.29, 0.717) is 17.6 Å². The number of aryl methyl sites for hydroxylation is 1. The summed E-state index contributed by atoms with van der Waals surface area (Å²) in [5, 5.41) is 0. The molecule has 0 aliphatic carbocycles. The molecule has 3 rings (SSSR count). The number of anilines is 1. The minimum absolute atomic E-state index is 0. The zero-order valence-corrected chi connectivity index (χ0v) is 11.7. The second-order valence-electron chi connectivity index (χ2n) is 4.37. The number of rotatable bonds is 3. The van der Waals surface area contributed by atoms with E-state index in [1.807, 2.05) is 0 Å². The predicted octanol–water partition coefficient (Wildman–Crippen LogP) is 1.51. The molecule has 8 heteroatoms. The molecule has 21 heavy (non-hydrogen) atoms. The lowest BCUT2D eigenvalue weighted by atomic mass is 10.1. The standard InChI is InChI=1S/C13H12FN5O.ClH/c14-9-4-2-1-3-8(9)5-6-19-12(20)10-11(17-7-16-10)18-13(19)15;/h1-4,7H,5-6H2,(H2,15,18)(H,16,17);1H. The number of H-pyrrole nitrogens is 1. The molecule has 6 nitrogen and oxygen atoms in total. The Balaban J connectivity index is 0.00000161. The van der Waals surface area contributed by atoms with Crippen molar-refractivity contribution >= 4 is 29.5 Å². The van der Waals surface area contributed by atoms with Gasteiger partial charge >= 0.3 is 0 Å². The summed E-state index contributed by atoms with van der Waals surface area (Å²) < 4.78 is 14.8. The van der Waals surface area contributed by atoms with Crippen molar-refractivity contribution in [2.45, 2.75) is 13.0 Å². The van der Waals surface area contributed by atoms with Gasteiger partial charge in [0.25, 0.3) is 5.56 Å².